The van der Waals surface area contributed by atoms with Crippen molar-refractivity contribution in [2.75, 3.05) is 13.6 Å². The van der Waals surface area contributed by atoms with Crippen LogP contribution in [0.5, 0.6) is 0 Å². The number of nitrogens with one attached hydrogen (secondary N) is 1. The molecule has 0 amide bonds. The zero-order valence-corrected chi connectivity index (χ0v) is 8.04. The third-order valence-electron chi connectivity index (χ3n) is 1.85. The summed E-state index contributed by atoms with van der Waals surface area (Å²) in [6.07, 6.45) is -2.20. The molecule has 14 heavy (non-hydrogen) atoms. The molecule has 0 radical (unpaired) electrons. The highest BCUT2D eigenvalue weighted by Gasteiger charge is 2.21. The lowest BCUT2D eigenvalue weighted by atomic mass is 10.1. The summed E-state index contributed by atoms with van der Waals surface area (Å²) in [6.45, 7) is 0.228. The van der Waals surface area contributed by atoms with Crippen molar-refractivity contribution >= 4 is 0 Å². The van der Waals surface area contributed by atoms with Crippen LogP contribution in [0.25, 0.3) is 0 Å². The normalized spacial score (nSPS) is 13.6. The number of hydrogen-bond acceptors (Lipinski definition) is 3. The SMILES string of the molecule is CNCC(O)c1cn(C)nc1C(F)F. The van der Waals surface area contributed by atoms with Gasteiger partial charge in [0.15, 0.2) is 0 Å². The molecule has 0 fully saturated rings. The van der Waals surface area contributed by atoms with Gasteiger partial charge in [-0.3, -0.25) is 4.68 Å². The van der Waals surface area contributed by atoms with Crippen LogP contribution in [0, 0.1) is 0 Å². The molecule has 0 aliphatic rings. The molecule has 0 aliphatic carbocycles. The van der Waals surface area contributed by atoms with E-state index in [2.05, 4.69) is 10.4 Å². The van der Waals surface area contributed by atoms with Crippen molar-refractivity contribution in [1.82, 2.24) is 15.1 Å². The second kappa shape index (κ2) is 4.47. The topological polar surface area (TPSA) is 50.1 Å². The number of hydrogen-bond donors (Lipinski definition) is 2. The molecule has 0 aliphatic heterocycles. The van der Waals surface area contributed by atoms with Crippen molar-refractivity contribution in [3.63, 3.8) is 0 Å². The van der Waals surface area contributed by atoms with Crippen molar-refractivity contribution in [2.45, 2.75) is 12.5 Å². The fourth-order valence-corrected chi connectivity index (χ4v) is 1.25. The molecular formula is C8H13F2N3O. The zero-order chi connectivity index (χ0) is 10.7. The Bertz CT molecular complexity index is 301. The minimum absolute atomic E-state index is 0.178. The number of halogens is 2. The molecule has 1 aromatic heterocycles. The monoisotopic (exact) mass is 205 g/mol. The summed E-state index contributed by atoms with van der Waals surface area (Å²) in [4.78, 5) is 0. The van der Waals surface area contributed by atoms with Gasteiger partial charge in [0.05, 0.1) is 6.10 Å². The molecule has 1 unspecified atom stereocenters. The molecule has 80 valence electrons. The Balaban J connectivity index is 2.94. The number of aliphatic hydroxyl groups excluding tert-OH is 1. The molecule has 2 N–H and O–H groups in total. The van der Waals surface area contributed by atoms with E-state index in [-0.39, 0.29) is 17.8 Å². The largest absolute Gasteiger partial charge is 0.387 e. The highest BCUT2D eigenvalue weighted by Crippen LogP contribution is 2.25. The Morgan fingerprint density at radius 2 is 2.29 bits per heavy atom. The van der Waals surface area contributed by atoms with Crippen molar-refractivity contribution in [3.05, 3.63) is 17.5 Å². The molecule has 0 saturated heterocycles. The van der Waals surface area contributed by atoms with Gasteiger partial charge in [-0.1, -0.05) is 0 Å². The molecule has 4 nitrogen and oxygen atoms in total. The Hall–Kier alpha value is -1.01. The van der Waals surface area contributed by atoms with Crippen LogP contribution in [-0.4, -0.2) is 28.5 Å². The van der Waals surface area contributed by atoms with Gasteiger partial charge in [0.1, 0.15) is 5.69 Å². The second-order valence-electron chi connectivity index (χ2n) is 3.02. The van der Waals surface area contributed by atoms with E-state index in [9.17, 15) is 13.9 Å². The van der Waals surface area contributed by atoms with Crippen LogP contribution in [-0.2, 0) is 7.05 Å². The number of aliphatic hydroxyl groups is 1. The van der Waals surface area contributed by atoms with Crippen molar-refractivity contribution in [1.29, 1.82) is 0 Å². The molecular weight excluding hydrogens is 192 g/mol. The van der Waals surface area contributed by atoms with Gasteiger partial charge >= 0.3 is 0 Å². The highest BCUT2D eigenvalue weighted by atomic mass is 19.3. The maximum Gasteiger partial charge on any atom is 0.282 e. The number of likely N-dealkylation sites (N-methyl/N-ethyl adjacent to an activating group) is 1. The number of aryl methyl sites for hydroxylation is 1. The Morgan fingerprint density at radius 3 is 2.79 bits per heavy atom. The van der Waals surface area contributed by atoms with E-state index in [0.29, 0.717) is 0 Å². The van der Waals surface area contributed by atoms with E-state index in [1.54, 1.807) is 14.1 Å². The van der Waals surface area contributed by atoms with E-state index < -0.39 is 12.5 Å². The molecule has 0 bridgehead atoms. The van der Waals surface area contributed by atoms with E-state index in [1.807, 2.05) is 0 Å². The number of alkyl halides is 2. The maximum absolute atomic E-state index is 12.4. The molecule has 1 heterocycles. The standard InChI is InChI=1S/C8H13F2N3O/c1-11-3-6(14)5-4-13(2)12-7(5)8(9)10/h4,6,8,11,14H,3H2,1-2H3. The lowest BCUT2D eigenvalue weighted by Gasteiger charge is -2.08. The van der Waals surface area contributed by atoms with Gasteiger partial charge in [-0.15, -0.1) is 0 Å². The maximum atomic E-state index is 12.4. The molecule has 1 atom stereocenters. The number of nitrogens with zero attached hydrogens (tertiary/aromatic N) is 2. The summed E-state index contributed by atoms with van der Waals surface area (Å²) in [5.74, 6) is 0. The second-order valence-corrected chi connectivity index (χ2v) is 3.02. The van der Waals surface area contributed by atoms with E-state index in [0.717, 1.165) is 0 Å². The summed E-state index contributed by atoms with van der Waals surface area (Å²) in [6, 6.07) is 0. The van der Waals surface area contributed by atoms with Gasteiger partial charge in [0.2, 0.25) is 0 Å². The molecule has 1 aromatic rings. The van der Waals surface area contributed by atoms with E-state index in [4.69, 9.17) is 0 Å². The lowest BCUT2D eigenvalue weighted by Crippen LogP contribution is -2.17. The minimum atomic E-state index is -2.65. The lowest BCUT2D eigenvalue weighted by molar-refractivity contribution is 0.132. The average Bonchev–Trinajstić information content (AvgIpc) is 2.48. The predicted molar refractivity (Wildman–Crippen MR) is 47.1 cm³/mol. The van der Waals surface area contributed by atoms with Crippen LogP contribution in [0.3, 0.4) is 0 Å². The molecule has 6 heteroatoms. The van der Waals surface area contributed by atoms with E-state index in [1.165, 1.54) is 10.9 Å². The van der Waals surface area contributed by atoms with Crippen LogP contribution >= 0.6 is 0 Å². The van der Waals surface area contributed by atoms with Crippen LogP contribution in [0.4, 0.5) is 8.78 Å². The fourth-order valence-electron chi connectivity index (χ4n) is 1.25. The summed E-state index contributed by atoms with van der Waals surface area (Å²) < 4.78 is 26.1. The number of aromatic nitrogens is 2. The highest BCUT2D eigenvalue weighted by molar-refractivity contribution is 5.21. The van der Waals surface area contributed by atoms with Gasteiger partial charge in [0.25, 0.3) is 6.43 Å². The molecule has 0 saturated carbocycles. The van der Waals surface area contributed by atoms with Crippen LogP contribution in [0.1, 0.15) is 23.8 Å². The minimum Gasteiger partial charge on any atom is -0.387 e. The molecule has 0 spiro atoms. The Kier molecular flexibility index (Phi) is 3.54. The first kappa shape index (κ1) is 11.1. The Morgan fingerprint density at radius 1 is 1.64 bits per heavy atom. The summed E-state index contributed by atoms with van der Waals surface area (Å²) in [7, 11) is 3.18. The van der Waals surface area contributed by atoms with Gasteiger partial charge < -0.3 is 10.4 Å². The van der Waals surface area contributed by atoms with Gasteiger partial charge in [-0.25, -0.2) is 8.78 Å². The van der Waals surface area contributed by atoms with Crippen LogP contribution in [0.15, 0.2) is 6.20 Å². The zero-order valence-electron chi connectivity index (χ0n) is 8.04. The van der Waals surface area contributed by atoms with Crippen molar-refractivity contribution < 1.29 is 13.9 Å². The first-order chi connectivity index (χ1) is 6.56. The van der Waals surface area contributed by atoms with Gasteiger partial charge in [-0.05, 0) is 7.05 Å². The third-order valence-corrected chi connectivity index (χ3v) is 1.85. The van der Waals surface area contributed by atoms with Crippen LogP contribution < -0.4 is 5.32 Å². The fraction of sp³-hybridized carbons (Fsp3) is 0.625. The Labute approximate surface area is 80.5 Å². The van der Waals surface area contributed by atoms with E-state index >= 15 is 0 Å². The number of rotatable bonds is 4. The van der Waals surface area contributed by atoms with Crippen molar-refractivity contribution in [3.8, 4) is 0 Å². The predicted octanol–water partition coefficient (Wildman–Crippen LogP) is 0.611. The van der Waals surface area contributed by atoms with Gasteiger partial charge in [0, 0.05) is 25.4 Å². The summed E-state index contributed by atoms with van der Waals surface area (Å²) in [5.41, 5.74) is -0.174. The average molecular weight is 205 g/mol. The molecule has 1 rings (SSSR count). The quantitative estimate of drug-likeness (QED) is 0.757. The summed E-state index contributed by atoms with van der Waals surface area (Å²) >= 11 is 0. The molecule has 0 aromatic carbocycles. The van der Waals surface area contributed by atoms with Gasteiger partial charge in [-0.2, -0.15) is 5.10 Å². The van der Waals surface area contributed by atoms with Crippen LogP contribution in [0.2, 0.25) is 0 Å². The first-order valence-corrected chi connectivity index (χ1v) is 4.20. The van der Waals surface area contributed by atoms with Crippen molar-refractivity contribution in [2.24, 2.45) is 7.05 Å². The smallest absolute Gasteiger partial charge is 0.282 e. The first-order valence-electron chi connectivity index (χ1n) is 4.20. The third kappa shape index (κ3) is 2.27. The summed E-state index contributed by atoms with van der Waals surface area (Å²) in [5, 5.41) is 15.8.